The van der Waals surface area contributed by atoms with E-state index in [1.165, 1.54) is 6.20 Å². The van der Waals surface area contributed by atoms with Crippen molar-refractivity contribution in [2.45, 2.75) is 44.4 Å². The minimum absolute atomic E-state index is 0.278. The number of aromatic nitrogens is 3. The lowest BCUT2D eigenvalue weighted by atomic mass is 10.1. The number of rotatable bonds is 3. The number of nitrogens with two attached hydrogens (primary N) is 1. The van der Waals surface area contributed by atoms with Gasteiger partial charge in [0.05, 0.1) is 36.1 Å². The van der Waals surface area contributed by atoms with Crippen molar-refractivity contribution in [2.75, 3.05) is 32.0 Å². The van der Waals surface area contributed by atoms with E-state index in [4.69, 9.17) is 15.6 Å². The van der Waals surface area contributed by atoms with Gasteiger partial charge in [0.15, 0.2) is 0 Å². The number of likely N-dealkylation sites (tertiary alicyclic amines) is 1. The number of alkyl halides is 3. The quantitative estimate of drug-likeness (QED) is 0.823. The molecule has 2 aromatic rings. The molecule has 1 aliphatic carbocycles. The number of ether oxygens (including phenoxy) is 1. The number of nitrogens with zero attached hydrogens (tertiary/aromatic N) is 4. The molecule has 0 bridgehead atoms. The lowest BCUT2D eigenvalue weighted by Gasteiger charge is -2.36. The van der Waals surface area contributed by atoms with Gasteiger partial charge in [-0.15, -0.1) is 0 Å². The molecule has 2 N–H and O–H groups in total. The smallest absolute Gasteiger partial charge is 0.383 e. The number of halogens is 3. The van der Waals surface area contributed by atoms with Crippen molar-refractivity contribution in [2.24, 2.45) is 11.8 Å². The van der Waals surface area contributed by atoms with Crippen molar-refractivity contribution in [1.82, 2.24) is 19.7 Å². The Labute approximate surface area is 173 Å². The summed E-state index contributed by atoms with van der Waals surface area (Å²) in [6.07, 6.45) is -3.18. The number of anilines is 1. The van der Waals surface area contributed by atoms with Gasteiger partial charge in [-0.1, -0.05) is 0 Å². The van der Waals surface area contributed by atoms with Crippen LogP contribution in [0.5, 0.6) is 0 Å². The van der Waals surface area contributed by atoms with E-state index in [0.29, 0.717) is 35.1 Å². The maximum Gasteiger partial charge on any atom is 0.419 e. The zero-order valence-corrected chi connectivity index (χ0v) is 17.3. The predicted octanol–water partition coefficient (Wildman–Crippen LogP) is 3.35. The molecule has 3 aliphatic rings. The normalized spacial score (nSPS) is 27.2. The van der Waals surface area contributed by atoms with Crippen molar-refractivity contribution >= 4 is 5.82 Å². The van der Waals surface area contributed by atoms with Gasteiger partial charge in [0.1, 0.15) is 5.82 Å². The van der Waals surface area contributed by atoms with E-state index in [9.17, 15) is 13.2 Å². The summed E-state index contributed by atoms with van der Waals surface area (Å²) in [5.74, 6) is 1.03. The molecule has 1 saturated carbocycles. The van der Waals surface area contributed by atoms with E-state index in [1.807, 2.05) is 10.7 Å². The Bertz CT molecular complexity index is 964. The van der Waals surface area contributed by atoms with E-state index in [-0.39, 0.29) is 5.54 Å². The van der Waals surface area contributed by atoms with Gasteiger partial charge in [0.25, 0.3) is 0 Å². The average molecular weight is 421 g/mol. The summed E-state index contributed by atoms with van der Waals surface area (Å²) in [4.78, 5) is 6.28. The molecule has 0 unspecified atom stereocenters. The van der Waals surface area contributed by atoms with Crippen molar-refractivity contribution in [1.29, 1.82) is 0 Å². The van der Waals surface area contributed by atoms with E-state index < -0.39 is 17.6 Å². The number of pyridine rings is 1. The van der Waals surface area contributed by atoms with Crippen LogP contribution in [0.25, 0.3) is 11.3 Å². The number of nitrogen functional groups attached to an aromatic ring is 1. The van der Waals surface area contributed by atoms with Crippen LogP contribution in [0.1, 0.15) is 37.9 Å². The summed E-state index contributed by atoms with van der Waals surface area (Å²) < 4.78 is 47.2. The lowest BCUT2D eigenvalue weighted by Crippen LogP contribution is -2.48. The SMILES string of the molecule is CC(C)(C)n1nc(-c2cnc(N)c(C(F)(F)F)c2)cc1[C@H]1[C@@H]2CN(C3COC3)C[C@@H]21. The van der Waals surface area contributed by atoms with Crippen LogP contribution < -0.4 is 5.73 Å². The van der Waals surface area contributed by atoms with Gasteiger partial charge < -0.3 is 10.5 Å². The largest absolute Gasteiger partial charge is 0.419 e. The first kappa shape index (κ1) is 19.8. The molecule has 6 nitrogen and oxygen atoms in total. The fraction of sp³-hybridized carbons (Fsp3) is 0.619. The molecule has 0 aromatic carbocycles. The van der Waals surface area contributed by atoms with Crippen LogP contribution in [0.4, 0.5) is 19.0 Å². The van der Waals surface area contributed by atoms with Crippen molar-refractivity contribution < 1.29 is 17.9 Å². The molecule has 0 spiro atoms. The molecule has 0 amide bonds. The van der Waals surface area contributed by atoms with Crippen molar-refractivity contribution in [3.63, 3.8) is 0 Å². The van der Waals surface area contributed by atoms with Crippen LogP contribution in [0.15, 0.2) is 18.3 Å². The monoisotopic (exact) mass is 421 g/mol. The van der Waals surface area contributed by atoms with Gasteiger partial charge in [0, 0.05) is 36.5 Å². The molecule has 30 heavy (non-hydrogen) atoms. The van der Waals surface area contributed by atoms with Gasteiger partial charge in [0.2, 0.25) is 0 Å². The molecule has 0 radical (unpaired) electrons. The first-order valence-corrected chi connectivity index (χ1v) is 10.3. The summed E-state index contributed by atoms with van der Waals surface area (Å²) in [6, 6.07) is 3.54. The van der Waals surface area contributed by atoms with Crippen LogP contribution in [-0.2, 0) is 16.5 Å². The Morgan fingerprint density at radius 1 is 1.10 bits per heavy atom. The minimum Gasteiger partial charge on any atom is -0.383 e. The first-order chi connectivity index (χ1) is 14.0. The van der Waals surface area contributed by atoms with Crippen molar-refractivity contribution in [3.05, 3.63) is 29.6 Å². The maximum absolute atomic E-state index is 13.3. The fourth-order valence-electron chi connectivity index (χ4n) is 4.88. The third kappa shape index (κ3) is 3.19. The van der Waals surface area contributed by atoms with Gasteiger partial charge in [-0.2, -0.15) is 18.3 Å². The highest BCUT2D eigenvalue weighted by atomic mass is 19.4. The molecular formula is C21H26F3N5O. The molecule has 2 aromatic heterocycles. The highest BCUT2D eigenvalue weighted by Crippen LogP contribution is 2.59. The second kappa shape index (κ2) is 6.43. The summed E-state index contributed by atoms with van der Waals surface area (Å²) in [5.41, 5.74) is 6.20. The van der Waals surface area contributed by atoms with E-state index in [0.717, 1.165) is 38.1 Å². The molecule has 3 atom stereocenters. The highest BCUT2D eigenvalue weighted by Gasteiger charge is 2.59. The average Bonchev–Trinajstić information content (AvgIpc) is 2.95. The standard InChI is InChI=1S/C21H26F3N5O/c1-20(2,3)29-17(18-13-7-28(8-14(13)18)12-9-30-10-12)5-16(27-29)11-4-15(21(22,23)24)19(25)26-6-11/h4-6,12-14,18H,7-10H2,1-3H3,(H2,25,26)/t13-,14+,18+. The Morgan fingerprint density at radius 3 is 2.30 bits per heavy atom. The van der Waals surface area contributed by atoms with Crippen LogP contribution in [0, 0.1) is 11.8 Å². The number of fused-ring (bicyclic) bond motifs is 1. The van der Waals surface area contributed by atoms with Gasteiger partial charge in [-0.05, 0) is 44.7 Å². The van der Waals surface area contributed by atoms with Crippen molar-refractivity contribution in [3.8, 4) is 11.3 Å². The lowest BCUT2D eigenvalue weighted by molar-refractivity contribution is -0.137. The summed E-state index contributed by atoms with van der Waals surface area (Å²) in [7, 11) is 0. The van der Waals surface area contributed by atoms with E-state index in [2.05, 4.69) is 30.7 Å². The van der Waals surface area contributed by atoms with Crippen LogP contribution in [0.2, 0.25) is 0 Å². The minimum atomic E-state index is -4.55. The highest BCUT2D eigenvalue weighted by molar-refractivity contribution is 5.63. The molecule has 4 heterocycles. The Kier molecular flexibility index (Phi) is 4.25. The number of hydrogen-bond acceptors (Lipinski definition) is 5. The second-order valence-corrected chi connectivity index (χ2v) is 9.69. The maximum atomic E-state index is 13.3. The first-order valence-electron chi connectivity index (χ1n) is 10.3. The molecule has 2 aliphatic heterocycles. The Morgan fingerprint density at radius 2 is 1.77 bits per heavy atom. The zero-order chi connectivity index (χ0) is 21.4. The second-order valence-electron chi connectivity index (χ2n) is 9.69. The van der Waals surface area contributed by atoms with Gasteiger partial charge in [-0.3, -0.25) is 9.58 Å². The van der Waals surface area contributed by atoms with E-state index in [1.54, 1.807) is 0 Å². The molecule has 3 fully saturated rings. The van der Waals surface area contributed by atoms with E-state index >= 15 is 0 Å². The summed E-state index contributed by atoms with van der Waals surface area (Å²) in [5, 5.41) is 4.71. The molecule has 9 heteroatoms. The van der Waals surface area contributed by atoms with Crippen LogP contribution >= 0.6 is 0 Å². The topological polar surface area (TPSA) is 69.2 Å². The van der Waals surface area contributed by atoms with Gasteiger partial charge >= 0.3 is 6.18 Å². The van der Waals surface area contributed by atoms with Crippen LogP contribution in [0.3, 0.4) is 0 Å². The summed E-state index contributed by atoms with van der Waals surface area (Å²) in [6.45, 7) is 9.93. The number of hydrogen-bond donors (Lipinski definition) is 1. The predicted molar refractivity (Wildman–Crippen MR) is 106 cm³/mol. The van der Waals surface area contributed by atoms with Crippen LogP contribution in [-0.4, -0.2) is 52.0 Å². The number of piperidine rings is 1. The third-order valence-electron chi connectivity index (χ3n) is 6.59. The Balaban J connectivity index is 1.46. The summed E-state index contributed by atoms with van der Waals surface area (Å²) >= 11 is 0. The third-order valence-corrected chi connectivity index (χ3v) is 6.59. The molecule has 162 valence electrons. The fourth-order valence-corrected chi connectivity index (χ4v) is 4.88. The molecule has 5 rings (SSSR count). The molecular weight excluding hydrogens is 395 g/mol. The Hall–Kier alpha value is -2.13. The molecule has 2 saturated heterocycles. The zero-order valence-electron chi connectivity index (χ0n) is 17.3. The van der Waals surface area contributed by atoms with Gasteiger partial charge in [-0.25, -0.2) is 4.98 Å².